The van der Waals surface area contributed by atoms with Crippen molar-refractivity contribution in [2.24, 2.45) is 0 Å². The quantitative estimate of drug-likeness (QED) is 0.518. The predicted molar refractivity (Wildman–Crippen MR) is 43.0 cm³/mol. The molecule has 0 aliphatic carbocycles. The molecule has 0 bridgehead atoms. The van der Waals surface area contributed by atoms with E-state index in [1.807, 2.05) is 0 Å². The number of methoxy groups -OCH3 is 1. The zero-order chi connectivity index (χ0) is 7.40. The van der Waals surface area contributed by atoms with Crippen molar-refractivity contribution in [1.29, 1.82) is 0 Å². The summed E-state index contributed by atoms with van der Waals surface area (Å²) in [7, 11) is 1.71. The molecule has 0 aliphatic heterocycles. The van der Waals surface area contributed by atoms with Crippen molar-refractivity contribution in [3.8, 4) is 0 Å². The van der Waals surface area contributed by atoms with Gasteiger partial charge in [0, 0.05) is 7.11 Å². The van der Waals surface area contributed by atoms with E-state index in [9.17, 15) is 0 Å². The summed E-state index contributed by atoms with van der Waals surface area (Å²) in [6, 6.07) is 8.35. The summed E-state index contributed by atoms with van der Waals surface area (Å²) in [4.78, 5) is 0. The maximum absolute atomic E-state index is 4.97. The fourth-order valence-corrected chi connectivity index (χ4v) is 0.851. The van der Waals surface area contributed by atoms with Gasteiger partial charge in [-0.15, -0.1) is 0 Å². The van der Waals surface area contributed by atoms with Crippen LogP contribution in [0.3, 0.4) is 0 Å². The molecule has 56 valence electrons. The van der Waals surface area contributed by atoms with E-state index in [0.29, 0.717) is 6.61 Å². The summed E-state index contributed by atoms with van der Waals surface area (Å²) in [6.45, 7) is 2.79. The molecular formula is C9H13NaO. The summed E-state index contributed by atoms with van der Waals surface area (Å²) in [5, 5.41) is 0. The van der Waals surface area contributed by atoms with Gasteiger partial charge in [-0.25, -0.2) is 0 Å². The Labute approximate surface area is 91.5 Å². The number of aryl methyl sites for hydroxylation is 1. The average molecular weight is 160 g/mol. The summed E-state index contributed by atoms with van der Waals surface area (Å²) in [5.41, 5.74) is 2.52. The van der Waals surface area contributed by atoms with Gasteiger partial charge in [-0.05, 0) is 12.5 Å². The molecule has 0 saturated carbocycles. The van der Waals surface area contributed by atoms with Gasteiger partial charge in [0.2, 0.25) is 0 Å². The van der Waals surface area contributed by atoms with Gasteiger partial charge in [-0.1, -0.05) is 29.8 Å². The maximum atomic E-state index is 4.97. The Bertz CT molecular complexity index is 198. The van der Waals surface area contributed by atoms with E-state index in [0.717, 1.165) is 0 Å². The predicted octanol–water partition coefficient (Wildman–Crippen LogP) is -0.742. The Morgan fingerprint density at radius 1 is 1.27 bits per heavy atom. The smallest absolute Gasteiger partial charge is 1.00 e. The molecule has 1 aromatic carbocycles. The van der Waals surface area contributed by atoms with Crippen LogP contribution in [0.15, 0.2) is 24.3 Å². The maximum Gasteiger partial charge on any atom is 1.00 e. The van der Waals surface area contributed by atoms with Crippen molar-refractivity contribution in [1.82, 2.24) is 0 Å². The second kappa shape index (κ2) is 5.78. The van der Waals surface area contributed by atoms with Gasteiger partial charge in [0.05, 0.1) is 6.61 Å². The minimum atomic E-state index is 0. The molecule has 1 nitrogen and oxygen atoms in total. The van der Waals surface area contributed by atoms with Crippen molar-refractivity contribution in [3.05, 3.63) is 35.4 Å². The van der Waals surface area contributed by atoms with Gasteiger partial charge in [-0.2, -0.15) is 0 Å². The van der Waals surface area contributed by atoms with Gasteiger partial charge >= 0.3 is 29.6 Å². The molecule has 0 spiro atoms. The van der Waals surface area contributed by atoms with Crippen molar-refractivity contribution in [3.63, 3.8) is 0 Å². The van der Waals surface area contributed by atoms with Crippen molar-refractivity contribution in [2.45, 2.75) is 13.5 Å². The van der Waals surface area contributed by atoms with Crippen LogP contribution in [0.5, 0.6) is 0 Å². The minimum Gasteiger partial charge on any atom is -1.00 e. The second-order valence-corrected chi connectivity index (χ2v) is 2.42. The van der Waals surface area contributed by atoms with Gasteiger partial charge in [0.25, 0.3) is 0 Å². The molecule has 0 radical (unpaired) electrons. The van der Waals surface area contributed by atoms with Gasteiger partial charge < -0.3 is 6.16 Å². The van der Waals surface area contributed by atoms with E-state index in [1.54, 1.807) is 7.11 Å². The Balaban J connectivity index is 0. The van der Waals surface area contributed by atoms with Crippen LogP contribution in [-0.4, -0.2) is 7.11 Å². The summed E-state index contributed by atoms with van der Waals surface area (Å²) in [6.07, 6.45) is 0. The first-order chi connectivity index (χ1) is 4.83. The molecule has 0 aliphatic rings. The van der Waals surface area contributed by atoms with Crippen LogP contribution in [-0.2, 0) is 11.3 Å². The summed E-state index contributed by atoms with van der Waals surface area (Å²) >= 11 is 0. The Morgan fingerprint density at radius 3 is 2.27 bits per heavy atom. The molecule has 0 amide bonds. The Hall–Kier alpha value is 0.180. The molecule has 1 aromatic rings. The molecule has 0 aromatic heterocycles. The third-order valence-electron chi connectivity index (χ3n) is 1.43. The van der Waals surface area contributed by atoms with Crippen LogP contribution in [0.4, 0.5) is 0 Å². The molecule has 0 unspecified atom stereocenters. The third kappa shape index (κ3) is 3.92. The molecule has 0 heterocycles. The monoisotopic (exact) mass is 160 g/mol. The van der Waals surface area contributed by atoms with Crippen LogP contribution < -0.4 is 29.6 Å². The van der Waals surface area contributed by atoms with Crippen LogP contribution in [0.1, 0.15) is 12.6 Å². The van der Waals surface area contributed by atoms with Crippen LogP contribution >= 0.6 is 0 Å². The molecular weight excluding hydrogens is 147 g/mol. The topological polar surface area (TPSA) is 9.23 Å². The first kappa shape index (κ1) is 11.2. The molecule has 0 N–H and O–H groups in total. The van der Waals surface area contributed by atoms with E-state index in [1.165, 1.54) is 11.1 Å². The van der Waals surface area contributed by atoms with Crippen molar-refractivity contribution < 1.29 is 35.7 Å². The number of hydrogen-bond acceptors (Lipinski definition) is 1. The Morgan fingerprint density at radius 2 is 1.82 bits per heavy atom. The largest absolute Gasteiger partial charge is 1.00 e. The standard InChI is InChI=1S/C9H12O.Na.H/c1-8-3-5-9(6-4-8)7-10-2;;/h3-6H,7H2,1-2H3;;/q;+1;-1. The van der Waals surface area contributed by atoms with Gasteiger partial charge in [0.1, 0.15) is 0 Å². The summed E-state index contributed by atoms with van der Waals surface area (Å²) < 4.78 is 4.97. The van der Waals surface area contributed by atoms with Crippen LogP contribution in [0, 0.1) is 6.92 Å². The second-order valence-electron chi connectivity index (χ2n) is 2.42. The number of benzene rings is 1. The normalized spacial score (nSPS) is 8.91. The van der Waals surface area contributed by atoms with Crippen molar-refractivity contribution in [2.75, 3.05) is 7.11 Å². The fraction of sp³-hybridized carbons (Fsp3) is 0.333. The van der Waals surface area contributed by atoms with Gasteiger partial charge in [0.15, 0.2) is 0 Å². The molecule has 1 rings (SSSR count). The minimum absolute atomic E-state index is 0. The van der Waals surface area contributed by atoms with E-state index < -0.39 is 0 Å². The number of rotatable bonds is 2. The average Bonchev–Trinajstić information content (AvgIpc) is 1.95. The molecule has 0 saturated heterocycles. The van der Waals surface area contributed by atoms with E-state index in [2.05, 4.69) is 31.2 Å². The van der Waals surface area contributed by atoms with Crippen LogP contribution in [0.2, 0.25) is 0 Å². The van der Waals surface area contributed by atoms with Gasteiger partial charge in [-0.3, -0.25) is 0 Å². The fourth-order valence-electron chi connectivity index (χ4n) is 0.851. The first-order valence-electron chi connectivity index (χ1n) is 3.37. The molecule has 2 heteroatoms. The van der Waals surface area contributed by atoms with E-state index in [4.69, 9.17) is 4.74 Å². The number of hydrogen-bond donors (Lipinski definition) is 0. The molecule has 0 fully saturated rings. The zero-order valence-corrected chi connectivity index (χ0v) is 9.42. The Kier molecular flexibility index (Phi) is 5.88. The molecule has 0 atom stereocenters. The summed E-state index contributed by atoms with van der Waals surface area (Å²) in [5.74, 6) is 0. The first-order valence-corrected chi connectivity index (χ1v) is 3.37. The third-order valence-corrected chi connectivity index (χ3v) is 1.43. The number of ether oxygens (including phenoxy) is 1. The SMILES string of the molecule is COCc1ccc(C)cc1.[H-].[Na+]. The zero-order valence-electron chi connectivity index (χ0n) is 8.42. The molecule has 11 heavy (non-hydrogen) atoms. The van der Waals surface area contributed by atoms with Crippen molar-refractivity contribution >= 4 is 0 Å². The van der Waals surface area contributed by atoms with E-state index in [-0.39, 0.29) is 31.0 Å². The van der Waals surface area contributed by atoms with Crippen LogP contribution in [0.25, 0.3) is 0 Å². The van der Waals surface area contributed by atoms with E-state index >= 15 is 0 Å².